The molecule has 0 saturated carbocycles. The number of carboxylic acid groups (broad SMARTS) is 1. The third kappa shape index (κ3) is 2.99. The highest BCUT2D eigenvalue weighted by molar-refractivity contribution is 7.99. The number of carbonyl (C=O) groups is 2. The van der Waals surface area contributed by atoms with E-state index in [-0.39, 0.29) is 12.1 Å². The molecule has 19 heavy (non-hydrogen) atoms. The zero-order chi connectivity index (χ0) is 14.0. The van der Waals surface area contributed by atoms with E-state index >= 15 is 0 Å². The van der Waals surface area contributed by atoms with Crippen molar-refractivity contribution in [3.05, 3.63) is 0 Å². The molecule has 2 aliphatic rings. The highest BCUT2D eigenvalue weighted by atomic mass is 32.2. The van der Waals surface area contributed by atoms with E-state index in [9.17, 15) is 14.7 Å². The van der Waals surface area contributed by atoms with Crippen LogP contribution in [0.25, 0.3) is 0 Å². The van der Waals surface area contributed by atoms with Gasteiger partial charge in [-0.15, -0.1) is 0 Å². The minimum atomic E-state index is -0.799. The number of hydrogen-bond acceptors (Lipinski definition) is 3. The Bertz CT molecular complexity index is 377. The SMILES string of the molecule is CC1CSCCN1C(=O)N1CCCC(C)(C(=O)O)C1. The van der Waals surface area contributed by atoms with Gasteiger partial charge >= 0.3 is 12.0 Å². The molecular weight excluding hydrogens is 264 g/mol. The van der Waals surface area contributed by atoms with E-state index in [0.717, 1.165) is 24.5 Å². The quantitative estimate of drug-likeness (QED) is 0.797. The van der Waals surface area contributed by atoms with Crippen LogP contribution in [0.4, 0.5) is 4.79 Å². The summed E-state index contributed by atoms with van der Waals surface area (Å²) in [4.78, 5) is 27.5. The molecule has 2 unspecified atom stereocenters. The van der Waals surface area contributed by atoms with Crippen LogP contribution in [0.2, 0.25) is 0 Å². The van der Waals surface area contributed by atoms with E-state index < -0.39 is 11.4 Å². The first kappa shape index (κ1) is 14.5. The second-order valence-corrected chi connectivity index (χ2v) is 6.94. The van der Waals surface area contributed by atoms with Crippen molar-refractivity contribution in [1.82, 2.24) is 9.80 Å². The number of likely N-dealkylation sites (tertiary alicyclic amines) is 1. The smallest absolute Gasteiger partial charge is 0.320 e. The van der Waals surface area contributed by atoms with Gasteiger partial charge in [0.2, 0.25) is 0 Å². The maximum atomic E-state index is 12.5. The molecule has 2 aliphatic heterocycles. The van der Waals surface area contributed by atoms with E-state index in [0.29, 0.717) is 19.5 Å². The van der Waals surface area contributed by atoms with Gasteiger partial charge < -0.3 is 14.9 Å². The van der Waals surface area contributed by atoms with E-state index in [1.807, 2.05) is 16.7 Å². The van der Waals surface area contributed by atoms with E-state index in [1.54, 1.807) is 11.8 Å². The molecule has 2 amide bonds. The van der Waals surface area contributed by atoms with Crippen LogP contribution >= 0.6 is 11.8 Å². The van der Waals surface area contributed by atoms with Crippen LogP contribution in [0.3, 0.4) is 0 Å². The van der Waals surface area contributed by atoms with Crippen molar-refractivity contribution in [2.45, 2.75) is 32.7 Å². The standard InChI is InChI=1S/C13H22N2O3S/c1-10-8-19-7-6-15(10)12(18)14-5-3-4-13(2,9-14)11(16)17/h10H,3-9H2,1-2H3,(H,16,17). The van der Waals surface area contributed by atoms with Crippen LogP contribution in [0.5, 0.6) is 0 Å². The molecule has 6 heteroatoms. The van der Waals surface area contributed by atoms with Crippen LogP contribution < -0.4 is 0 Å². The topological polar surface area (TPSA) is 60.9 Å². The fourth-order valence-electron chi connectivity index (χ4n) is 2.77. The van der Waals surface area contributed by atoms with Crippen molar-refractivity contribution < 1.29 is 14.7 Å². The number of aliphatic carboxylic acids is 1. The van der Waals surface area contributed by atoms with E-state index in [1.165, 1.54) is 0 Å². The second kappa shape index (κ2) is 5.61. The summed E-state index contributed by atoms with van der Waals surface area (Å²) >= 11 is 1.87. The first-order valence-electron chi connectivity index (χ1n) is 6.81. The molecule has 108 valence electrons. The number of rotatable bonds is 1. The van der Waals surface area contributed by atoms with Crippen LogP contribution in [-0.2, 0) is 4.79 Å². The molecule has 0 aromatic rings. The Balaban J connectivity index is 2.04. The summed E-state index contributed by atoms with van der Waals surface area (Å²) in [6.07, 6.45) is 1.42. The highest BCUT2D eigenvalue weighted by Crippen LogP contribution is 2.31. The van der Waals surface area contributed by atoms with Crippen molar-refractivity contribution in [3.63, 3.8) is 0 Å². The van der Waals surface area contributed by atoms with Crippen molar-refractivity contribution >= 4 is 23.8 Å². The van der Waals surface area contributed by atoms with Gasteiger partial charge in [0.05, 0.1) is 5.41 Å². The lowest BCUT2D eigenvalue weighted by molar-refractivity contribution is -0.150. The average molecular weight is 286 g/mol. The summed E-state index contributed by atoms with van der Waals surface area (Å²) in [6, 6.07) is 0.254. The number of piperidine rings is 1. The Morgan fingerprint density at radius 3 is 2.74 bits per heavy atom. The van der Waals surface area contributed by atoms with Gasteiger partial charge in [-0.3, -0.25) is 4.79 Å². The number of nitrogens with zero attached hydrogens (tertiary/aromatic N) is 2. The summed E-state index contributed by atoms with van der Waals surface area (Å²) in [7, 11) is 0. The molecule has 0 spiro atoms. The number of thioether (sulfide) groups is 1. The lowest BCUT2D eigenvalue weighted by Crippen LogP contribution is -2.56. The molecule has 2 saturated heterocycles. The number of hydrogen-bond donors (Lipinski definition) is 1. The summed E-state index contributed by atoms with van der Waals surface area (Å²) in [5, 5.41) is 9.30. The lowest BCUT2D eigenvalue weighted by atomic mass is 9.82. The Hall–Kier alpha value is -0.910. The Morgan fingerprint density at radius 1 is 1.37 bits per heavy atom. The Morgan fingerprint density at radius 2 is 2.11 bits per heavy atom. The summed E-state index contributed by atoms with van der Waals surface area (Å²) in [5.74, 6) is 1.14. The maximum absolute atomic E-state index is 12.5. The molecule has 5 nitrogen and oxygen atoms in total. The minimum Gasteiger partial charge on any atom is -0.481 e. The van der Waals surface area contributed by atoms with Gasteiger partial charge in [0.1, 0.15) is 0 Å². The van der Waals surface area contributed by atoms with Gasteiger partial charge in [-0.1, -0.05) is 0 Å². The van der Waals surface area contributed by atoms with E-state index in [4.69, 9.17) is 0 Å². The number of urea groups is 1. The molecule has 0 aromatic heterocycles. The van der Waals surface area contributed by atoms with Gasteiger partial charge in [0.25, 0.3) is 0 Å². The molecule has 1 N–H and O–H groups in total. The first-order valence-corrected chi connectivity index (χ1v) is 7.96. The molecule has 2 heterocycles. The Kier molecular flexibility index (Phi) is 4.28. The van der Waals surface area contributed by atoms with Crippen LogP contribution in [0, 0.1) is 5.41 Å². The fourth-order valence-corrected chi connectivity index (χ4v) is 3.78. The predicted molar refractivity (Wildman–Crippen MR) is 75.4 cm³/mol. The third-order valence-corrected chi connectivity index (χ3v) is 5.29. The van der Waals surface area contributed by atoms with Crippen LogP contribution in [-0.4, -0.2) is 64.1 Å². The summed E-state index contributed by atoms with van der Waals surface area (Å²) < 4.78 is 0. The lowest BCUT2D eigenvalue weighted by Gasteiger charge is -2.42. The molecule has 2 rings (SSSR count). The molecule has 0 aromatic carbocycles. The molecule has 0 bridgehead atoms. The average Bonchev–Trinajstić information content (AvgIpc) is 2.38. The van der Waals surface area contributed by atoms with Crippen molar-refractivity contribution in [1.29, 1.82) is 0 Å². The van der Waals surface area contributed by atoms with E-state index in [2.05, 4.69) is 6.92 Å². The van der Waals surface area contributed by atoms with Crippen molar-refractivity contribution in [2.75, 3.05) is 31.1 Å². The molecule has 0 radical (unpaired) electrons. The fraction of sp³-hybridized carbons (Fsp3) is 0.846. The number of carbonyl (C=O) groups excluding carboxylic acids is 1. The highest BCUT2D eigenvalue weighted by Gasteiger charge is 2.41. The van der Waals surface area contributed by atoms with Gasteiger partial charge in [0, 0.05) is 37.2 Å². The van der Waals surface area contributed by atoms with Crippen molar-refractivity contribution in [3.8, 4) is 0 Å². The van der Waals surface area contributed by atoms with Crippen LogP contribution in [0.15, 0.2) is 0 Å². The summed E-state index contributed by atoms with van der Waals surface area (Å²) in [6.45, 7) is 5.58. The zero-order valence-corrected chi connectivity index (χ0v) is 12.4. The van der Waals surface area contributed by atoms with Crippen LogP contribution in [0.1, 0.15) is 26.7 Å². The monoisotopic (exact) mass is 286 g/mol. The molecule has 0 aliphatic carbocycles. The van der Waals surface area contributed by atoms with Gasteiger partial charge in [-0.2, -0.15) is 11.8 Å². The van der Waals surface area contributed by atoms with Gasteiger partial charge in [-0.25, -0.2) is 4.79 Å². The zero-order valence-electron chi connectivity index (χ0n) is 11.6. The number of amides is 2. The molecule has 2 atom stereocenters. The Labute approximate surface area is 118 Å². The number of carboxylic acids is 1. The second-order valence-electron chi connectivity index (χ2n) is 5.79. The maximum Gasteiger partial charge on any atom is 0.320 e. The molecular formula is C13H22N2O3S. The predicted octanol–water partition coefficient (Wildman–Crippen LogP) is 1.73. The van der Waals surface area contributed by atoms with Crippen molar-refractivity contribution in [2.24, 2.45) is 5.41 Å². The minimum absolute atomic E-state index is 0.0139. The largest absolute Gasteiger partial charge is 0.481 e. The third-order valence-electron chi connectivity index (χ3n) is 4.10. The first-order chi connectivity index (χ1) is 8.94. The normalized spacial score (nSPS) is 32.2. The van der Waals surface area contributed by atoms with Gasteiger partial charge in [0.15, 0.2) is 0 Å². The molecule has 2 fully saturated rings. The van der Waals surface area contributed by atoms with Gasteiger partial charge in [-0.05, 0) is 26.7 Å². The summed E-state index contributed by atoms with van der Waals surface area (Å²) in [5.41, 5.74) is -0.790.